The van der Waals surface area contributed by atoms with Crippen molar-refractivity contribution in [3.63, 3.8) is 0 Å². The van der Waals surface area contributed by atoms with Gasteiger partial charge in [-0.2, -0.15) is 0 Å². The third-order valence-corrected chi connectivity index (χ3v) is 1.95. The molecule has 0 spiro atoms. The zero-order valence-electron chi connectivity index (χ0n) is 6.99. The summed E-state index contributed by atoms with van der Waals surface area (Å²) in [6.45, 7) is 0. The summed E-state index contributed by atoms with van der Waals surface area (Å²) in [5, 5.41) is 10.5. The minimum Gasteiger partial charge on any atom is -0.296 e. The molecule has 0 aliphatic rings. The van der Waals surface area contributed by atoms with Gasteiger partial charge in [-0.25, -0.2) is 13.8 Å². The van der Waals surface area contributed by atoms with E-state index >= 15 is 0 Å². The van der Waals surface area contributed by atoms with Gasteiger partial charge in [-0.05, 0) is 22.0 Å². The van der Waals surface area contributed by atoms with Gasteiger partial charge in [0.15, 0.2) is 12.0 Å². The Kier molecular flexibility index (Phi) is 3.40. The van der Waals surface area contributed by atoms with Gasteiger partial charge in [0.1, 0.15) is 10.2 Å². The van der Waals surface area contributed by atoms with E-state index in [9.17, 15) is 23.7 Å². The van der Waals surface area contributed by atoms with E-state index in [1.165, 1.54) is 0 Å². The van der Waals surface area contributed by atoms with E-state index in [0.717, 1.165) is 6.07 Å². The highest BCUT2D eigenvalue weighted by atomic mass is 79.9. The summed E-state index contributed by atoms with van der Waals surface area (Å²) < 4.78 is 24.8. The summed E-state index contributed by atoms with van der Waals surface area (Å²) >= 11 is 2.78. The summed E-state index contributed by atoms with van der Waals surface area (Å²) in [5.41, 5.74) is -2.41. The molecule has 0 aliphatic carbocycles. The first-order valence-corrected chi connectivity index (χ1v) is 4.34. The van der Waals surface area contributed by atoms with Crippen LogP contribution in [0.3, 0.4) is 0 Å². The molecular weight excluding hydrogens is 278 g/mol. The van der Waals surface area contributed by atoms with E-state index in [-0.39, 0.29) is 10.9 Å². The highest BCUT2D eigenvalue weighted by molar-refractivity contribution is 9.10. The Hall–Kier alpha value is -1.44. The highest BCUT2D eigenvalue weighted by Gasteiger charge is 2.27. The zero-order chi connectivity index (χ0) is 11.6. The number of carbonyl (C=O) groups is 1. The fraction of sp³-hybridized carbons (Fsp3) is 0.143. The van der Waals surface area contributed by atoms with Crippen LogP contribution in [0, 0.1) is 10.1 Å². The van der Waals surface area contributed by atoms with Crippen molar-refractivity contribution in [2.24, 2.45) is 0 Å². The topological polar surface area (TPSA) is 73.1 Å². The number of hydrogen-bond acceptors (Lipinski definition) is 4. The van der Waals surface area contributed by atoms with Crippen LogP contribution in [0.2, 0.25) is 0 Å². The smallest absolute Gasteiger partial charge is 0.296 e. The van der Waals surface area contributed by atoms with E-state index in [1.807, 2.05) is 0 Å². The van der Waals surface area contributed by atoms with Gasteiger partial charge in [0, 0.05) is 0 Å². The lowest BCUT2D eigenvalue weighted by Gasteiger charge is -2.03. The van der Waals surface area contributed by atoms with Crippen LogP contribution in [0.25, 0.3) is 0 Å². The SMILES string of the molecule is O=Cc1nc(Br)cc(C(F)F)c1[N+](=O)[O-]. The summed E-state index contributed by atoms with van der Waals surface area (Å²) in [5.74, 6) is 0. The van der Waals surface area contributed by atoms with Crippen LogP contribution in [-0.2, 0) is 0 Å². The molecule has 1 rings (SSSR count). The molecule has 0 aliphatic heterocycles. The normalized spacial score (nSPS) is 10.4. The van der Waals surface area contributed by atoms with Gasteiger partial charge in [-0.3, -0.25) is 14.9 Å². The lowest BCUT2D eigenvalue weighted by molar-refractivity contribution is -0.386. The summed E-state index contributed by atoms with van der Waals surface area (Å²) in [4.78, 5) is 23.3. The quantitative estimate of drug-likeness (QED) is 0.369. The van der Waals surface area contributed by atoms with Crippen molar-refractivity contribution in [2.75, 3.05) is 0 Å². The van der Waals surface area contributed by atoms with E-state index in [0.29, 0.717) is 0 Å². The highest BCUT2D eigenvalue weighted by Crippen LogP contribution is 2.32. The number of aldehydes is 1. The maximum atomic E-state index is 12.4. The number of pyridine rings is 1. The number of aromatic nitrogens is 1. The molecule has 0 bridgehead atoms. The fourth-order valence-corrected chi connectivity index (χ4v) is 1.43. The molecule has 1 aromatic heterocycles. The number of carbonyl (C=O) groups excluding carboxylic acids is 1. The minimum atomic E-state index is -3.04. The van der Waals surface area contributed by atoms with Gasteiger partial charge in [0.05, 0.1) is 4.92 Å². The van der Waals surface area contributed by atoms with Gasteiger partial charge >= 0.3 is 5.69 Å². The summed E-state index contributed by atoms with van der Waals surface area (Å²) in [6, 6.07) is 0.815. The van der Waals surface area contributed by atoms with Crippen LogP contribution in [0.5, 0.6) is 0 Å². The molecule has 0 saturated heterocycles. The molecule has 1 heterocycles. The maximum absolute atomic E-state index is 12.4. The number of alkyl halides is 2. The van der Waals surface area contributed by atoms with Gasteiger partial charge < -0.3 is 0 Å². The Labute approximate surface area is 90.4 Å². The first-order chi connectivity index (χ1) is 6.97. The van der Waals surface area contributed by atoms with Crippen molar-refractivity contribution in [1.82, 2.24) is 4.98 Å². The molecule has 1 aromatic rings. The molecular formula is C7H3BrF2N2O3. The van der Waals surface area contributed by atoms with Crippen LogP contribution < -0.4 is 0 Å². The van der Waals surface area contributed by atoms with Gasteiger partial charge in [-0.1, -0.05) is 0 Å². The van der Waals surface area contributed by atoms with E-state index in [4.69, 9.17) is 0 Å². The number of rotatable bonds is 3. The van der Waals surface area contributed by atoms with Gasteiger partial charge in [0.2, 0.25) is 0 Å². The van der Waals surface area contributed by atoms with E-state index in [1.54, 1.807) is 0 Å². The standard InChI is InChI=1S/C7H3BrF2N2O3/c8-5-1-3(7(9)10)6(12(14)15)4(2-13)11-5/h1-2,7H. The average Bonchev–Trinajstić information content (AvgIpc) is 2.15. The van der Waals surface area contributed by atoms with Gasteiger partial charge in [0.25, 0.3) is 6.43 Å². The fourth-order valence-electron chi connectivity index (χ4n) is 0.992. The molecule has 8 heteroatoms. The molecule has 0 fully saturated rings. The lowest BCUT2D eigenvalue weighted by atomic mass is 10.2. The zero-order valence-corrected chi connectivity index (χ0v) is 8.57. The Bertz CT molecular complexity index is 425. The second kappa shape index (κ2) is 4.39. The van der Waals surface area contributed by atoms with Gasteiger partial charge in [-0.15, -0.1) is 0 Å². The average molecular weight is 281 g/mol. The van der Waals surface area contributed by atoms with Crippen molar-refractivity contribution in [2.45, 2.75) is 6.43 Å². The molecule has 0 saturated carbocycles. The number of halogens is 3. The third-order valence-electron chi connectivity index (χ3n) is 1.55. The van der Waals surface area contributed by atoms with Crippen LogP contribution in [0.4, 0.5) is 14.5 Å². The summed E-state index contributed by atoms with van der Waals surface area (Å²) in [7, 11) is 0. The van der Waals surface area contributed by atoms with Crippen LogP contribution in [0.15, 0.2) is 10.7 Å². The second-order valence-corrected chi connectivity index (χ2v) is 3.26. The van der Waals surface area contributed by atoms with Crippen molar-refractivity contribution in [3.8, 4) is 0 Å². The number of nitrogens with zero attached hydrogens (tertiary/aromatic N) is 2. The van der Waals surface area contributed by atoms with E-state index < -0.39 is 28.3 Å². The Morgan fingerprint density at radius 1 is 1.60 bits per heavy atom. The second-order valence-electron chi connectivity index (χ2n) is 2.44. The number of hydrogen-bond donors (Lipinski definition) is 0. The van der Waals surface area contributed by atoms with Crippen molar-refractivity contribution in [1.29, 1.82) is 0 Å². The lowest BCUT2D eigenvalue weighted by Crippen LogP contribution is -2.03. The first-order valence-electron chi connectivity index (χ1n) is 3.55. The molecule has 80 valence electrons. The van der Waals surface area contributed by atoms with Crippen LogP contribution in [-0.4, -0.2) is 16.2 Å². The van der Waals surface area contributed by atoms with Crippen LogP contribution in [0.1, 0.15) is 22.5 Å². The molecule has 5 nitrogen and oxygen atoms in total. The predicted octanol–water partition coefficient (Wildman–Crippen LogP) is 2.50. The Morgan fingerprint density at radius 2 is 2.20 bits per heavy atom. The molecule has 0 amide bonds. The molecule has 0 N–H and O–H groups in total. The monoisotopic (exact) mass is 280 g/mol. The third kappa shape index (κ3) is 2.32. The van der Waals surface area contributed by atoms with Crippen molar-refractivity contribution < 1.29 is 18.5 Å². The number of nitro groups is 1. The van der Waals surface area contributed by atoms with E-state index in [2.05, 4.69) is 20.9 Å². The maximum Gasteiger partial charge on any atom is 0.307 e. The van der Waals surface area contributed by atoms with Crippen molar-refractivity contribution in [3.05, 3.63) is 32.0 Å². The predicted molar refractivity (Wildman–Crippen MR) is 48.9 cm³/mol. The van der Waals surface area contributed by atoms with Crippen LogP contribution >= 0.6 is 15.9 Å². The largest absolute Gasteiger partial charge is 0.307 e. The molecule has 0 unspecified atom stereocenters. The Balaban J connectivity index is 3.54. The molecule has 0 aromatic carbocycles. The summed E-state index contributed by atoms with van der Waals surface area (Å²) in [6.07, 6.45) is -2.97. The molecule has 15 heavy (non-hydrogen) atoms. The first kappa shape index (κ1) is 11.6. The molecule has 0 atom stereocenters. The molecule has 0 radical (unpaired) electrons. The van der Waals surface area contributed by atoms with Crippen molar-refractivity contribution >= 4 is 27.9 Å². The Morgan fingerprint density at radius 3 is 2.60 bits per heavy atom. The minimum absolute atomic E-state index is 0.0505.